The second-order valence-corrected chi connectivity index (χ2v) is 6.13. The summed E-state index contributed by atoms with van der Waals surface area (Å²) in [5.41, 5.74) is 2.13. The van der Waals surface area contributed by atoms with Gasteiger partial charge in [-0.05, 0) is 46.7 Å². The Hall–Kier alpha value is -3.53. The lowest BCUT2D eigenvalue weighted by atomic mass is 10.0. The van der Waals surface area contributed by atoms with Crippen molar-refractivity contribution in [3.63, 3.8) is 0 Å². The van der Waals surface area contributed by atoms with E-state index in [-0.39, 0.29) is 5.97 Å². The first-order valence-electron chi connectivity index (χ1n) is 8.55. The van der Waals surface area contributed by atoms with Crippen molar-refractivity contribution in [2.24, 2.45) is 0 Å². The summed E-state index contributed by atoms with van der Waals surface area (Å²) in [6.45, 7) is 0. The predicted octanol–water partition coefficient (Wildman–Crippen LogP) is 4.84. The summed E-state index contributed by atoms with van der Waals surface area (Å²) < 4.78 is 16.2. The smallest absolute Gasteiger partial charge is 0.343 e. The highest BCUT2D eigenvalue weighted by Gasteiger charge is 2.24. The zero-order valence-electron chi connectivity index (χ0n) is 15.1. The topological polar surface area (TPSA) is 44.8 Å². The van der Waals surface area contributed by atoms with Crippen molar-refractivity contribution in [3.05, 3.63) is 83.4 Å². The SMILES string of the molecule is COc1ccc(OC)c(C2=C/C(=C\c3cccc4ccccc34)C(=O)O2)c1. The van der Waals surface area contributed by atoms with Crippen molar-refractivity contribution in [3.8, 4) is 11.5 Å². The highest BCUT2D eigenvalue weighted by Crippen LogP contribution is 2.35. The number of hydrogen-bond acceptors (Lipinski definition) is 4. The van der Waals surface area contributed by atoms with E-state index in [9.17, 15) is 4.79 Å². The second-order valence-electron chi connectivity index (χ2n) is 6.13. The van der Waals surface area contributed by atoms with Gasteiger partial charge >= 0.3 is 5.97 Å². The van der Waals surface area contributed by atoms with E-state index in [1.54, 1.807) is 38.5 Å². The first kappa shape index (κ1) is 16.9. The minimum atomic E-state index is -0.386. The van der Waals surface area contributed by atoms with E-state index < -0.39 is 0 Å². The number of fused-ring (bicyclic) bond motifs is 1. The molecule has 0 spiro atoms. The standard InChI is InChI=1S/C23H18O4/c1-25-18-10-11-21(26-2)20(14-18)22-13-17(23(24)27-22)12-16-8-5-7-15-6-3-4-9-19(15)16/h3-14H,1-2H3/b17-12+. The Labute approximate surface area is 157 Å². The summed E-state index contributed by atoms with van der Waals surface area (Å²) in [6, 6.07) is 19.5. The van der Waals surface area contributed by atoms with Crippen LogP contribution in [0.15, 0.2) is 72.3 Å². The van der Waals surface area contributed by atoms with Crippen LogP contribution in [0.2, 0.25) is 0 Å². The Kier molecular flexibility index (Phi) is 4.38. The number of hydrogen-bond donors (Lipinski definition) is 0. The molecule has 3 aromatic rings. The van der Waals surface area contributed by atoms with E-state index in [2.05, 4.69) is 0 Å². The number of benzene rings is 3. The zero-order valence-corrected chi connectivity index (χ0v) is 15.1. The highest BCUT2D eigenvalue weighted by atomic mass is 16.5. The summed E-state index contributed by atoms with van der Waals surface area (Å²) in [6.07, 6.45) is 3.59. The molecule has 1 aliphatic heterocycles. The van der Waals surface area contributed by atoms with Crippen molar-refractivity contribution < 1.29 is 19.0 Å². The van der Waals surface area contributed by atoms with Crippen LogP contribution in [-0.4, -0.2) is 20.2 Å². The van der Waals surface area contributed by atoms with E-state index in [0.717, 1.165) is 16.3 Å². The molecule has 1 aliphatic rings. The third kappa shape index (κ3) is 3.17. The van der Waals surface area contributed by atoms with Gasteiger partial charge in [-0.15, -0.1) is 0 Å². The number of carbonyl (C=O) groups excluding carboxylic acids is 1. The van der Waals surface area contributed by atoms with Crippen molar-refractivity contribution >= 4 is 28.6 Å². The van der Waals surface area contributed by atoms with Crippen LogP contribution in [-0.2, 0) is 9.53 Å². The molecule has 0 amide bonds. The maximum Gasteiger partial charge on any atom is 0.343 e. The molecule has 3 aromatic carbocycles. The van der Waals surface area contributed by atoms with Gasteiger partial charge in [-0.25, -0.2) is 4.79 Å². The van der Waals surface area contributed by atoms with Gasteiger partial charge in [0.15, 0.2) is 0 Å². The number of carbonyl (C=O) groups is 1. The van der Waals surface area contributed by atoms with E-state index in [4.69, 9.17) is 14.2 Å². The fourth-order valence-corrected chi connectivity index (χ4v) is 3.17. The van der Waals surface area contributed by atoms with Crippen LogP contribution in [0.3, 0.4) is 0 Å². The van der Waals surface area contributed by atoms with Crippen LogP contribution in [0.4, 0.5) is 0 Å². The van der Waals surface area contributed by atoms with Crippen molar-refractivity contribution in [2.75, 3.05) is 14.2 Å². The summed E-state index contributed by atoms with van der Waals surface area (Å²) in [5.74, 6) is 1.33. The Bertz CT molecular complexity index is 1090. The molecule has 0 fully saturated rings. The maximum absolute atomic E-state index is 12.4. The van der Waals surface area contributed by atoms with Crippen LogP contribution < -0.4 is 9.47 Å². The third-order valence-corrected chi connectivity index (χ3v) is 4.53. The molecule has 4 rings (SSSR count). The van der Waals surface area contributed by atoms with Crippen molar-refractivity contribution in [1.82, 2.24) is 0 Å². The molecular formula is C23H18O4. The number of methoxy groups -OCH3 is 2. The molecule has 0 unspecified atom stereocenters. The molecule has 4 nitrogen and oxygen atoms in total. The minimum absolute atomic E-state index is 0.386. The summed E-state index contributed by atoms with van der Waals surface area (Å²) in [7, 11) is 3.17. The monoisotopic (exact) mass is 358 g/mol. The fourth-order valence-electron chi connectivity index (χ4n) is 3.17. The van der Waals surface area contributed by atoms with Crippen molar-refractivity contribution in [2.45, 2.75) is 0 Å². The maximum atomic E-state index is 12.4. The largest absolute Gasteiger partial charge is 0.497 e. The lowest BCUT2D eigenvalue weighted by Gasteiger charge is -2.10. The summed E-state index contributed by atoms with van der Waals surface area (Å²) in [5, 5.41) is 2.21. The molecule has 0 radical (unpaired) electrons. The average molecular weight is 358 g/mol. The van der Waals surface area contributed by atoms with Gasteiger partial charge in [-0.3, -0.25) is 0 Å². The Morgan fingerprint density at radius 3 is 2.56 bits per heavy atom. The highest BCUT2D eigenvalue weighted by molar-refractivity contribution is 6.07. The van der Waals surface area contributed by atoms with Crippen LogP contribution in [0.1, 0.15) is 11.1 Å². The first-order valence-corrected chi connectivity index (χ1v) is 8.55. The molecule has 0 atom stereocenters. The van der Waals surface area contributed by atoms with Gasteiger partial charge in [0, 0.05) is 0 Å². The fraction of sp³-hybridized carbons (Fsp3) is 0.0870. The van der Waals surface area contributed by atoms with Gasteiger partial charge in [0.1, 0.15) is 17.3 Å². The Morgan fingerprint density at radius 1 is 0.926 bits per heavy atom. The van der Waals surface area contributed by atoms with Crippen LogP contribution in [0.5, 0.6) is 11.5 Å². The van der Waals surface area contributed by atoms with Gasteiger partial charge in [-0.2, -0.15) is 0 Å². The predicted molar refractivity (Wildman–Crippen MR) is 106 cm³/mol. The average Bonchev–Trinajstić information content (AvgIpc) is 3.08. The molecule has 134 valence electrons. The molecule has 0 saturated heterocycles. The summed E-state index contributed by atoms with van der Waals surface area (Å²) >= 11 is 0. The second kappa shape index (κ2) is 7.00. The number of ether oxygens (including phenoxy) is 3. The normalized spacial score (nSPS) is 15.0. The molecule has 0 aromatic heterocycles. The molecule has 4 heteroatoms. The quantitative estimate of drug-likeness (QED) is 0.495. The van der Waals surface area contributed by atoms with Gasteiger partial charge < -0.3 is 14.2 Å². The van der Waals surface area contributed by atoms with Crippen LogP contribution in [0.25, 0.3) is 22.6 Å². The van der Waals surface area contributed by atoms with E-state index in [1.807, 2.05) is 48.5 Å². The molecule has 0 aliphatic carbocycles. The van der Waals surface area contributed by atoms with Gasteiger partial charge in [0.05, 0.1) is 25.4 Å². The first-order chi connectivity index (χ1) is 13.2. The van der Waals surface area contributed by atoms with Crippen LogP contribution >= 0.6 is 0 Å². The molecule has 27 heavy (non-hydrogen) atoms. The third-order valence-electron chi connectivity index (χ3n) is 4.53. The molecule has 1 heterocycles. The van der Waals surface area contributed by atoms with Crippen molar-refractivity contribution in [1.29, 1.82) is 0 Å². The van der Waals surface area contributed by atoms with E-state index >= 15 is 0 Å². The lowest BCUT2D eigenvalue weighted by molar-refractivity contribution is -0.130. The van der Waals surface area contributed by atoms with Crippen LogP contribution in [0, 0.1) is 0 Å². The number of rotatable bonds is 4. The van der Waals surface area contributed by atoms with E-state index in [1.165, 1.54) is 0 Å². The summed E-state index contributed by atoms with van der Waals surface area (Å²) in [4.78, 5) is 12.4. The van der Waals surface area contributed by atoms with E-state index in [0.29, 0.717) is 28.4 Å². The Morgan fingerprint density at radius 2 is 1.74 bits per heavy atom. The molecule has 0 N–H and O–H groups in total. The number of esters is 1. The molecule has 0 saturated carbocycles. The zero-order chi connectivity index (χ0) is 18.8. The van der Waals surface area contributed by atoms with Gasteiger partial charge in [-0.1, -0.05) is 42.5 Å². The number of cyclic esters (lactones) is 1. The molecule has 0 bridgehead atoms. The minimum Gasteiger partial charge on any atom is -0.497 e. The lowest BCUT2D eigenvalue weighted by Crippen LogP contribution is -1.99. The molecular weight excluding hydrogens is 340 g/mol. The van der Waals surface area contributed by atoms with Gasteiger partial charge in [0.2, 0.25) is 0 Å². The van der Waals surface area contributed by atoms with Gasteiger partial charge in [0.25, 0.3) is 0 Å². The Balaban J connectivity index is 1.79.